The zero-order valence-corrected chi connectivity index (χ0v) is 14.7. The second-order valence-electron chi connectivity index (χ2n) is 5.90. The molecule has 0 aliphatic heterocycles. The minimum absolute atomic E-state index is 0.419. The number of hydrogen-bond donors (Lipinski definition) is 1. The zero-order chi connectivity index (χ0) is 15.7. The van der Waals surface area contributed by atoms with Crippen molar-refractivity contribution in [2.45, 2.75) is 66.0 Å². The lowest BCUT2D eigenvalue weighted by Crippen LogP contribution is -2.43. The molecule has 2 heteroatoms. The van der Waals surface area contributed by atoms with Crippen LogP contribution in [0.5, 0.6) is 0 Å². The molecule has 2 atom stereocenters. The van der Waals surface area contributed by atoms with Gasteiger partial charge in [0.05, 0.1) is 0 Å². The van der Waals surface area contributed by atoms with Gasteiger partial charge < -0.3 is 5.32 Å². The van der Waals surface area contributed by atoms with Crippen LogP contribution in [0.4, 0.5) is 0 Å². The Morgan fingerprint density at radius 1 is 1.00 bits per heavy atom. The van der Waals surface area contributed by atoms with E-state index in [4.69, 9.17) is 0 Å². The fourth-order valence-corrected chi connectivity index (χ4v) is 2.98. The van der Waals surface area contributed by atoms with E-state index >= 15 is 0 Å². The van der Waals surface area contributed by atoms with Gasteiger partial charge in [0.25, 0.3) is 0 Å². The number of benzene rings is 1. The van der Waals surface area contributed by atoms with Crippen LogP contribution in [-0.2, 0) is 6.42 Å². The van der Waals surface area contributed by atoms with E-state index in [1.165, 1.54) is 30.5 Å². The molecule has 2 nitrogen and oxygen atoms in total. The number of likely N-dealkylation sites (N-methyl/N-ethyl adjacent to an activating group) is 1. The van der Waals surface area contributed by atoms with E-state index in [1.807, 2.05) is 0 Å². The quantitative estimate of drug-likeness (QED) is 0.686. The van der Waals surface area contributed by atoms with Crippen molar-refractivity contribution in [2.75, 3.05) is 19.6 Å². The van der Waals surface area contributed by atoms with Gasteiger partial charge in [0.1, 0.15) is 0 Å². The van der Waals surface area contributed by atoms with Gasteiger partial charge in [-0.3, -0.25) is 4.90 Å². The van der Waals surface area contributed by atoms with E-state index < -0.39 is 0 Å². The summed E-state index contributed by atoms with van der Waals surface area (Å²) in [6.07, 6.45) is 3.50. The van der Waals surface area contributed by atoms with Crippen LogP contribution in [0.25, 0.3) is 0 Å². The van der Waals surface area contributed by atoms with Crippen molar-refractivity contribution in [2.24, 2.45) is 0 Å². The summed E-state index contributed by atoms with van der Waals surface area (Å²) in [6, 6.07) is 10.1. The molecule has 2 unspecified atom stereocenters. The molecule has 1 aromatic carbocycles. The monoisotopic (exact) mass is 290 g/mol. The molecule has 0 saturated carbocycles. The maximum atomic E-state index is 3.75. The Morgan fingerprint density at radius 3 is 2.14 bits per heavy atom. The standard InChI is InChI=1S/C19H34N2/c1-6-14-20-19(16(5)21(9-4)15-7-2)18-12-10-17(8-3)11-13-18/h10-13,16,19-20H,6-9,14-15H2,1-5H3. The van der Waals surface area contributed by atoms with Gasteiger partial charge >= 0.3 is 0 Å². The molecule has 1 N–H and O–H groups in total. The van der Waals surface area contributed by atoms with Gasteiger partial charge in [0.2, 0.25) is 0 Å². The maximum absolute atomic E-state index is 3.75. The van der Waals surface area contributed by atoms with Crippen LogP contribution < -0.4 is 5.32 Å². The number of aryl methyl sites for hydroxylation is 1. The van der Waals surface area contributed by atoms with Crippen LogP contribution in [0.15, 0.2) is 24.3 Å². The number of nitrogens with zero attached hydrogens (tertiary/aromatic N) is 1. The summed E-state index contributed by atoms with van der Waals surface area (Å²) < 4.78 is 0. The Hall–Kier alpha value is -0.860. The molecule has 0 bridgehead atoms. The molecule has 0 saturated heterocycles. The van der Waals surface area contributed by atoms with Crippen molar-refractivity contribution >= 4 is 0 Å². The van der Waals surface area contributed by atoms with E-state index in [0.717, 1.165) is 19.5 Å². The molecule has 0 amide bonds. The predicted molar refractivity (Wildman–Crippen MR) is 93.9 cm³/mol. The van der Waals surface area contributed by atoms with Crippen LogP contribution in [0, 0.1) is 0 Å². The van der Waals surface area contributed by atoms with Gasteiger partial charge in [-0.15, -0.1) is 0 Å². The lowest BCUT2D eigenvalue weighted by molar-refractivity contribution is 0.177. The first-order valence-corrected chi connectivity index (χ1v) is 8.74. The lowest BCUT2D eigenvalue weighted by Gasteiger charge is -2.35. The molecule has 0 aliphatic carbocycles. The molecule has 0 heterocycles. The van der Waals surface area contributed by atoms with E-state index in [9.17, 15) is 0 Å². The van der Waals surface area contributed by atoms with Crippen molar-refractivity contribution in [3.8, 4) is 0 Å². The normalized spacial score (nSPS) is 14.4. The predicted octanol–water partition coefficient (Wildman–Crippen LogP) is 4.41. The first-order chi connectivity index (χ1) is 10.2. The van der Waals surface area contributed by atoms with Crippen molar-refractivity contribution in [1.82, 2.24) is 10.2 Å². The molecular weight excluding hydrogens is 256 g/mol. The topological polar surface area (TPSA) is 15.3 Å². The van der Waals surface area contributed by atoms with Crippen molar-refractivity contribution in [3.63, 3.8) is 0 Å². The lowest BCUT2D eigenvalue weighted by atomic mass is 9.97. The molecule has 0 radical (unpaired) electrons. The second kappa shape index (κ2) is 9.97. The smallest absolute Gasteiger partial charge is 0.0475 e. The summed E-state index contributed by atoms with van der Waals surface area (Å²) in [5.74, 6) is 0. The second-order valence-corrected chi connectivity index (χ2v) is 5.90. The van der Waals surface area contributed by atoms with Crippen molar-refractivity contribution < 1.29 is 0 Å². The van der Waals surface area contributed by atoms with Crippen molar-refractivity contribution in [3.05, 3.63) is 35.4 Å². The summed E-state index contributed by atoms with van der Waals surface area (Å²) in [5, 5.41) is 3.75. The molecule has 0 spiro atoms. The molecule has 1 rings (SSSR count). The summed E-state index contributed by atoms with van der Waals surface area (Å²) in [6.45, 7) is 14.7. The first kappa shape index (κ1) is 18.2. The Morgan fingerprint density at radius 2 is 1.67 bits per heavy atom. The SMILES string of the molecule is CCCNC(c1ccc(CC)cc1)C(C)N(CC)CCC. The third-order valence-electron chi connectivity index (χ3n) is 4.34. The summed E-state index contributed by atoms with van der Waals surface area (Å²) in [4.78, 5) is 2.58. The van der Waals surface area contributed by atoms with Gasteiger partial charge in [-0.05, 0) is 56.9 Å². The Labute approximate surface area is 131 Å². The maximum Gasteiger partial charge on any atom is 0.0475 e. The minimum atomic E-state index is 0.419. The Kier molecular flexibility index (Phi) is 8.63. The zero-order valence-electron chi connectivity index (χ0n) is 14.7. The van der Waals surface area contributed by atoms with E-state index in [0.29, 0.717) is 12.1 Å². The average molecular weight is 290 g/mol. The Bertz CT molecular complexity index is 372. The molecule has 0 aliphatic rings. The molecule has 0 aromatic heterocycles. The average Bonchev–Trinajstić information content (AvgIpc) is 2.53. The van der Waals surface area contributed by atoms with Crippen LogP contribution in [0.1, 0.15) is 64.6 Å². The third kappa shape index (κ3) is 5.44. The molecule has 0 fully saturated rings. The summed E-state index contributed by atoms with van der Waals surface area (Å²) >= 11 is 0. The van der Waals surface area contributed by atoms with E-state index in [-0.39, 0.29) is 0 Å². The van der Waals surface area contributed by atoms with E-state index in [1.54, 1.807) is 0 Å². The van der Waals surface area contributed by atoms with Crippen LogP contribution in [0.3, 0.4) is 0 Å². The minimum Gasteiger partial charge on any atom is -0.309 e. The number of hydrogen-bond acceptors (Lipinski definition) is 2. The van der Waals surface area contributed by atoms with Gasteiger partial charge in [0, 0.05) is 12.1 Å². The molecular formula is C19H34N2. The summed E-state index contributed by atoms with van der Waals surface area (Å²) in [5.41, 5.74) is 2.84. The van der Waals surface area contributed by atoms with Crippen molar-refractivity contribution in [1.29, 1.82) is 0 Å². The fraction of sp³-hybridized carbons (Fsp3) is 0.684. The van der Waals surface area contributed by atoms with Crippen LogP contribution >= 0.6 is 0 Å². The molecule has 1 aromatic rings. The molecule has 120 valence electrons. The van der Waals surface area contributed by atoms with Gasteiger partial charge in [-0.2, -0.15) is 0 Å². The third-order valence-corrected chi connectivity index (χ3v) is 4.34. The fourth-order valence-electron chi connectivity index (χ4n) is 2.98. The number of rotatable bonds is 10. The highest BCUT2D eigenvalue weighted by Gasteiger charge is 2.23. The first-order valence-electron chi connectivity index (χ1n) is 8.74. The van der Waals surface area contributed by atoms with Gasteiger partial charge in [0.15, 0.2) is 0 Å². The largest absolute Gasteiger partial charge is 0.309 e. The van der Waals surface area contributed by atoms with Gasteiger partial charge in [-0.1, -0.05) is 52.0 Å². The van der Waals surface area contributed by atoms with Crippen LogP contribution in [0.2, 0.25) is 0 Å². The highest BCUT2D eigenvalue weighted by atomic mass is 15.2. The van der Waals surface area contributed by atoms with Gasteiger partial charge in [-0.25, -0.2) is 0 Å². The van der Waals surface area contributed by atoms with E-state index in [2.05, 4.69) is 69.1 Å². The highest BCUT2D eigenvalue weighted by molar-refractivity contribution is 5.26. The highest BCUT2D eigenvalue weighted by Crippen LogP contribution is 2.22. The Balaban J connectivity index is 2.91. The molecule has 21 heavy (non-hydrogen) atoms. The number of nitrogens with one attached hydrogen (secondary N) is 1. The van der Waals surface area contributed by atoms with Crippen LogP contribution in [-0.4, -0.2) is 30.6 Å². The summed E-state index contributed by atoms with van der Waals surface area (Å²) in [7, 11) is 0.